The Morgan fingerprint density at radius 1 is 1.20 bits per heavy atom. The zero-order chi connectivity index (χ0) is 18.1. The number of hydrogen-bond acceptors (Lipinski definition) is 6. The van der Waals surface area contributed by atoms with E-state index in [-0.39, 0.29) is 11.6 Å². The van der Waals surface area contributed by atoms with Crippen molar-refractivity contribution < 1.29 is 24.1 Å². The highest BCUT2D eigenvalue weighted by atomic mass is 16.3. The molecule has 2 aromatic heterocycles. The van der Waals surface area contributed by atoms with E-state index in [0.717, 1.165) is 12.5 Å². The van der Waals surface area contributed by atoms with Crippen LogP contribution in [0.15, 0.2) is 48.7 Å². The van der Waals surface area contributed by atoms with Gasteiger partial charge in [-0.2, -0.15) is 14.6 Å². The second-order valence-corrected chi connectivity index (χ2v) is 5.27. The maximum atomic E-state index is 12.7. The molecule has 0 spiro atoms. The van der Waals surface area contributed by atoms with Gasteiger partial charge in [-0.25, -0.2) is 9.97 Å². The molecule has 0 saturated carbocycles. The van der Waals surface area contributed by atoms with Gasteiger partial charge in [0.25, 0.3) is 17.6 Å². The Kier molecular flexibility index (Phi) is 3.97. The van der Waals surface area contributed by atoms with Crippen LogP contribution in [0.4, 0.5) is 5.95 Å². The number of anilines is 1. The second-order valence-electron chi connectivity index (χ2n) is 5.27. The van der Waals surface area contributed by atoms with Crippen molar-refractivity contribution in [3.63, 3.8) is 0 Å². The summed E-state index contributed by atoms with van der Waals surface area (Å²) in [5.74, 6) is -3.94. The molecule has 0 aromatic carbocycles. The van der Waals surface area contributed by atoms with Crippen LogP contribution in [0.3, 0.4) is 0 Å². The van der Waals surface area contributed by atoms with Crippen molar-refractivity contribution in [1.82, 2.24) is 15.0 Å². The predicted molar refractivity (Wildman–Crippen MR) is 81.6 cm³/mol. The minimum atomic E-state index is -1.14. The van der Waals surface area contributed by atoms with Gasteiger partial charge in [0, 0.05) is 36.7 Å². The van der Waals surface area contributed by atoms with E-state index < -0.39 is 23.5 Å². The third-order valence-electron chi connectivity index (χ3n) is 3.44. The fraction of sp³-hybridized carbons (Fsp3) is 0.125. The summed E-state index contributed by atoms with van der Waals surface area (Å²) in [5.41, 5.74) is 0.423. The average Bonchev–Trinajstić information content (AvgIpc) is 2.79. The topological polar surface area (TPSA) is 110 Å². The normalized spacial score (nSPS) is 14.2. The summed E-state index contributed by atoms with van der Waals surface area (Å²) in [6.45, 7) is 2.92. The zero-order valence-corrected chi connectivity index (χ0v) is 13.4. The second kappa shape index (κ2) is 6.11. The van der Waals surface area contributed by atoms with Crippen molar-refractivity contribution >= 4 is 29.4 Å². The Morgan fingerprint density at radius 3 is 2.48 bits per heavy atom. The summed E-state index contributed by atoms with van der Waals surface area (Å²) in [6.07, 6.45) is 5.72. The van der Waals surface area contributed by atoms with Gasteiger partial charge in [0.1, 0.15) is 0 Å². The Morgan fingerprint density at radius 2 is 1.88 bits per heavy atom. The molecular formula is C16H13N5O4. The van der Waals surface area contributed by atoms with E-state index in [1.54, 1.807) is 25.3 Å². The first-order valence-electron chi connectivity index (χ1n) is 7.28. The largest absolute Gasteiger partial charge is 0.864 e. The molecule has 1 aliphatic heterocycles. The lowest BCUT2D eigenvalue weighted by molar-refractivity contribution is -0.582. The quantitative estimate of drug-likeness (QED) is 0.521. The maximum absolute atomic E-state index is 12.7. The molecule has 0 fully saturated rings. The van der Waals surface area contributed by atoms with E-state index in [1.165, 1.54) is 29.2 Å². The van der Waals surface area contributed by atoms with Crippen LogP contribution in [0.25, 0.3) is 5.70 Å². The molecule has 0 bridgehead atoms. The standard InChI is InChI=1S/C16H13N5O4/c1-10-5-3-8-19(9-10)12-13(23)15(25)21(14(12)24)20(11(2)22)16-17-6-4-7-18-16/h3-9H,1-2H3. The molecule has 2 aromatic rings. The van der Waals surface area contributed by atoms with E-state index in [0.29, 0.717) is 10.0 Å². The lowest BCUT2D eigenvalue weighted by atomic mass is 10.3. The molecular weight excluding hydrogens is 326 g/mol. The fourth-order valence-corrected chi connectivity index (χ4v) is 2.40. The van der Waals surface area contributed by atoms with Gasteiger partial charge in [0.05, 0.1) is 0 Å². The number of imide groups is 1. The smallest absolute Gasteiger partial charge is 0.345 e. The number of carbonyl (C=O) groups is 3. The van der Waals surface area contributed by atoms with Crippen molar-refractivity contribution in [1.29, 1.82) is 0 Å². The third kappa shape index (κ3) is 2.71. The number of pyridine rings is 1. The molecule has 1 aliphatic rings. The highest BCUT2D eigenvalue weighted by Crippen LogP contribution is 2.22. The van der Waals surface area contributed by atoms with Crippen LogP contribution in [0.2, 0.25) is 0 Å². The van der Waals surface area contributed by atoms with Crippen molar-refractivity contribution in [2.45, 2.75) is 13.8 Å². The van der Waals surface area contributed by atoms with Crippen LogP contribution in [-0.2, 0) is 14.4 Å². The molecule has 0 unspecified atom stereocenters. The van der Waals surface area contributed by atoms with Gasteiger partial charge in [-0.15, -0.1) is 0 Å². The molecule has 9 nitrogen and oxygen atoms in total. The first-order chi connectivity index (χ1) is 11.9. The Labute approximate surface area is 142 Å². The molecule has 126 valence electrons. The van der Waals surface area contributed by atoms with Gasteiger partial charge in [-0.05, 0) is 19.1 Å². The van der Waals surface area contributed by atoms with Gasteiger partial charge in [0.2, 0.25) is 5.91 Å². The number of amides is 3. The first-order valence-corrected chi connectivity index (χ1v) is 7.28. The van der Waals surface area contributed by atoms with Crippen molar-refractivity contribution in [3.05, 3.63) is 54.3 Å². The van der Waals surface area contributed by atoms with E-state index in [9.17, 15) is 19.5 Å². The Bertz CT molecular complexity index is 910. The molecule has 3 rings (SSSR count). The number of aryl methyl sites for hydroxylation is 1. The van der Waals surface area contributed by atoms with Crippen LogP contribution >= 0.6 is 0 Å². The molecule has 0 N–H and O–H groups in total. The minimum absolute atomic E-state index is 0.181. The average molecular weight is 339 g/mol. The van der Waals surface area contributed by atoms with Crippen LogP contribution in [0, 0.1) is 6.92 Å². The monoisotopic (exact) mass is 339 g/mol. The third-order valence-corrected chi connectivity index (χ3v) is 3.44. The molecule has 9 heteroatoms. The molecule has 0 aliphatic carbocycles. The van der Waals surface area contributed by atoms with E-state index in [1.807, 2.05) is 0 Å². The van der Waals surface area contributed by atoms with Gasteiger partial charge >= 0.3 is 5.91 Å². The van der Waals surface area contributed by atoms with E-state index in [4.69, 9.17) is 0 Å². The molecule has 25 heavy (non-hydrogen) atoms. The zero-order valence-electron chi connectivity index (χ0n) is 13.4. The van der Waals surface area contributed by atoms with Gasteiger partial charge in [0.15, 0.2) is 12.4 Å². The van der Waals surface area contributed by atoms with E-state index >= 15 is 0 Å². The van der Waals surface area contributed by atoms with Gasteiger partial charge in [-0.3, -0.25) is 14.4 Å². The number of nitrogens with zero attached hydrogens (tertiary/aromatic N) is 5. The van der Waals surface area contributed by atoms with Gasteiger partial charge < -0.3 is 5.11 Å². The van der Waals surface area contributed by atoms with Crippen LogP contribution in [-0.4, -0.2) is 32.7 Å². The summed E-state index contributed by atoms with van der Waals surface area (Å²) in [7, 11) is 0. The summed E-state index contributed by atoms with van der Waals surface area (Å²) in [4.78, 5) is 44.9. The Hall–Kier alpha value is -3.62. The summed E-state index contributed by atoms with van der Waals surface area (Å²) < 4.78 is 1.27. The molecule has 0 saturated heterocycles. The SMILES string of the molecule is CC(=O)N(c1ncccn1)N1C(=O)C([O-])=C([n+]2cccc(C)c2)C1=O. The number of hydrogen-bond donors (Lipinski definition) is 0. The fourth-order valence-electron chi connectivity index (χ4n) is 2.40. The van der Waals surface area contributed by atoms with Gasteiger partial charge in [-0.1, -0.05) is 0 Å². The van der Waals surface area contributed by atoms with Crippen LogP contribution < -0.4 is 14.7 Å². The number of rotatable bonds is 3. The summed E-state index contributed by atoms with van der Waals surface area (Å²) >= 11 is 0. The van der Waals surface area contributed by atoms with Crippen molar-refractivity contribution in [2.75, 3.05) is 5.01 Å². The highest BCUT2D eigenvalue weighted by Gasteiger charge is 2.45. The number of carbonyl (C=O) groups excluding carboxylic acids is 3. The van der Waals surface area contributed by atoms with Crippen LogP contribution in [0.1, 0.15) is 12.5 Å². The molecule has 3 amide bonds. The number of aromatic nitrogens is 3. The Balaban J connectivity index is 2.07. The maximum Gasteiger partial charge on any atom is 0.345 e. The molecule has 0 radical (unpaired) electrons. The minimum Gasteiger partial charge on any atom is -0.864 e. The lowest BCUT2D eigenvalue weighted by Gasteiger charge is -2.26. The highest BCUT2D eigenvalue weighted by molar-refractivity contribution is 6.30. The lowest BCUT2D eigenvalue weighted by Crippen LogP contribution is -2.52. The predicted octanol–water partition coefficient (Wildman–Crippen LogP) is -1.06. The summed E-state index contributed by atoms with van der Waals surface area (Å²) in [6, 6.07) is 4.93. The molecule has 3 heterocycles. The summed E-state index contributed by atoms with van der Waals surface area (Å²) in [5, 5.41) is 13.5. The van der Waals surface area contributed by atoms with Crippen molar-refractivity contribution in [3.8, 4) is 0 Å². The van der Waals surface area contributed by atoms with Crippen molar-refractivity contribution in [2.24, 2.45) is 0 Å². The molecule has 0 atom stereocenters. The first kappa shape index (κ1) is 16.2. The van der Waals surface area contributed by atoms with Crippen LogP contribution in [0.5, 0.6) is 0 Å². The van der Waals surface area contributed by atoms with E-state index in [2.05, 4.69) is 9.97 Å². The number of hydrazine groups is 1.